The largest absolute Gasteiger partial charge is 0.298 e. The normalized spacial score (nSPS) is 10.2. The van der Waals surface area contributed by atoms with E-state index in [2.05, 4.69) is 10.2 Å². The monoisotopic (exact) mass is 183 g/mol. The van der Waals surface area contributed by atoms with Gasteiger partial charge in [-0.15, -0.1) is 0 Å². The van der Waals surface area contributed by atoms with Crippen LogP contribution < -0.4 is 5.19 Å². The maximum absolute atomic E-state index is 10.5. The highest BCUT2D eigenvalue weighted by Crippen LogP contribution is 2.13. The molecule has 2 aromatic carbocycles. The second kappa shape index (κ2) is 3.15. The number of hydrogen-bond acceptors (Lipinski definition) is 1. The summed E-state index contributed by atoms with van der Waals surface area (Å²) in [4.78, 5) is 10.5. The Kier molecular flexibility index (Phi) is 1.98. The van der Waals surface area contributed by atoms with Crippen LogP contribution in [-0.2, 0) is 0 Å². The molecule has 0 N–H and O–H groups in total. The van der Waals surface area contributed by atoms with Crippen molar-refractivity contribution in [1.29, 1.82) is 0 Å². The molecule has 0 saturated heterocycles. The van der Waals surface area contributed by atoms with Crippen molar-refractivity contribution in [3.05, 3.63) is 42.0 Å². The minimum absolute atomic E-state index is 0.717. The van der Waals surface area contributed by atoms with Gasteiger partial charge in [0.15, 0.2) is 0 Å². The molecule has 0 aromatic heterocycles. The summed E-state index contributed by atoms with van der Waals surface area (Å²) in [5.41, 5.74) is 0.717. The average molecular weight is 183 g/mol. The smallest absolute Gasteiger partial charge is 0.150 e. The number of aldehydes is 1. The number of carbonyl (C=O) groups excluding carboxylic acids is 1. The third-order valence-corrected chi connectivity index (χ3v) is 2.31. The van der Waals surface area contributed by atoms with Crippen molar-refractivity contribution in [2.75, 3.05) is 0 Å². The van der Waals surface area contributed by atoms with E-state index in [9.17, 15) is 4.79 Å². The van der Waals surface area contributed by atoms with Crippen LogP contribution in [0.1, 0.15) is 10.4 Å². The standard InChI is InChI=1S/C11H7OSi/c12-7-8-1-2-10-6-11(13)4-3-9(10)5-8/h1-7H. The van der Waals surface area contributed by atoms with Crippen LogP contribution in [0.2, 0.25) is 0 Å². The fourth-order valence-corrected chi connectivity index (χ4v) is 1.58. The molecule has 0 aliphatic heterocycles. The summed E-state index contributed by atoms with van der Waals surface area (Å²) in [6, 6.07) is 11.6. The van der Waals surface area contributed by atoms with Crippen LogP contribution in [0.25, 0.3) is 10.8 Å². The van der Waals surface area contributed by atoms with E-state index in [1.807, 2.05) is 36.4 Å². The SMILES string of the molecule is O=Cc1ccc2cc([Si])ccc2c1. The molecular formula is C11H7OSi. The Morgan fingerprint density at radius 1 is 1.00 bits per heavy atom. The quantitative estimate of drug-likeness (QED) is 0.483. The molecule has 0 unspecified atom stereocenters. The molecule has 2 heteroatoms. The third-order valence-electron chi connectivity index (χ3n) is 2.00. The molecule has 0 amide bonds. The molecule has 0 aliphatic carbocycles. The van der Waals surface area contributed by atoms with Crippen molar-refractivity contribution in [1.82, 2.24) is 0 Å². The minimum Gasteiger partial charge on any atom is -0.298 e. The molecule has 0 aliphatic rings. The van der Waals surface area contributed by atoms with Gasteiger partial charge < -0.3 is 0 Å². The van der Waals surface area contributed by atoms with Gasteiger partial charge in [-0.2, -0.15) is 0 Å². The van der Waals surface area contributed by atoms with Gasteiger partial charge in [0, 0.05) is 5.56 Å². The molecule has 61 valence electrons. The Morgan fingerprint density at radius 2 is 1.69 bits per heavy atom. The topological polar surface area (TPSA) is 17.1 Å². The van der Waals surface area contributed by atoms with Crippen LogP contribution in [-0.4, -0.2) is 16.5 Å². The minimum atomic E-state index is 0.717. The van der Waals surface area contributed by atoms with Crippen LogP contribution in [0.4, 0.5) is 0 Å². The highest BCUT2D eigenvalue weighted by molar-refractivity contribution is 6.33. The van der Waals surface area contributed by atoms with Crippen molar-refractivity contribution < 1.29 is 4.79 Å². The average Bonchev–Trinajstić information content (AvgIpc) is 2.17. The Hall–Kier alpha value is -1.41. The maximum atomic E-state index is 10.5. The number of benzene rings is 2. The molecule has 2 aromatic rings. The first-order valence-electron chi connectivity index (χ1n) is 4.00. The second-order valence-corrected chi connectivity index (χ2v) is 3.52. The van der Waals surface area contributed by atoms with E-state index in [4.69, 9.17) is 0 Å². The van der Waals surface area contributed by atoms with Crippen molar-refractivity contribution >= 4 is 32.5 Å². The first kappa shape index (κ1) is 8.20. The molecule has 0 saturated carbocycles. The highest BCUT2D eigenvalue weighted by atomic mass is 28.1. The lowest BCUT2D eigenvalue weighted by molar-refractivity contribution is 0.112. The molecule has 3 radical (unpaired) electrons. The summed E-state index contributed by atoms with van der Waals surface area (Å²) in [6.07, 6.45) is 0.862. The number of carbonyl (C=O) groups is 1. The summed E-state index contributed by atoms with van der Waals surface area (Å²) in [7, 11) is 3.45. The number of rotatable bonds is 1. The van der Waals surface area contributed by atoms with Gasteiger partial charge in [0.1, 0.15) is 6.29 Å². The van der Waals surface area contributed by atoms with Gasteiger partial charge in [0.05, 0.1) is 10.2 Å². The van der Waals surface area contributed by atoms with E-state index < -0.39 is 0 Å². The summed E-state index contributed by atoms with van der Waals surface area (Å²) < 4.78 is 0. The molecule has 1 nitrogen and oxygen atoms in total. The lowest BCUT2D eigenvalue weighted by atomic mass is 10.1. The second-order valence-electron chi connectivity index (χ2n) is 2.94. The van der Waals surface area contributed by atoms with Crippen LogP contribution in [0.5, 0.6) is 0 Å². The zero-order valence-corrected chi connectivity index (χ0v) is 7.95. The van der Waals surface area contributed by atoms with E-state index in [1.165, 1.54) is 0 Å². The molecule has 0 spiro atoms. The maximum Gasteiger partial charge on any atom is 0.150 e. The fourth-order valence-electron chi connectivity index (χ4n) is 1.34. The summed E-state index contributed by atoms with van der Waals surface area (Å²) in [5, 5.41) is 3.27. The Labute approximate surface area is 79.8 Å². The predicted molar refractivity (Wildman–Crippen MR) is 54.7 cm³/mol. The molecule has 13 heavy (non-hydrogen) atoms. The van der Waals surface area contributed by atoms with Crippen LogP contribution in [0, 0.1) is 0 Å². The van der Waals surface area contributed by atoms with Crippen molar-refractivity contribution in [2.24, 2.45) is 0 Å². The molecule has 2 rings (SSSR count). The van der Waals surface area contributed by atoms with Gasteiger partial charge >= 0.3 is 0 Å². The third kappa shape index (κ3) is 1.53. The van der Waals surface area contributed by atoms with E-state index >= 15 is 0 Å². The molecule has 0 fully saturated rings. The zero-order valence-electron chi connectivity index (χ0n) is 6.95. The van der Waals surface area contributed by atoms with Crippen LogP contribution in [0.3, 0.4) is 0 Å². The van der Waals surface area contributed by atoms with Crippen molar-refractivity contribution in [2.45, 2.75) is 0 Å². The molecule has 0 bridgehead atoms. The van der Waals surface area contributed by atoms with Crippen LogP contribution in [0.15, 0.2) is 36.4 Å². The fraction of sp³-hybridized carbons (Fsp3) is 0. The molecular weight excluding hydrogens is 176 g/mol. The van der Waals surface area contributed by atoms with Crippen molar-refractivity contribution in [3.8, 4) is 0 Å². The summed E-state index contributed by atoms with van der Waals surface area (Å²) in [6.45, 7) is 0. The molecule has 0 atom stereocenters. The van der Waals surface area contributed by atoms with Crippen LogP contribution >= 0.6 is 0 Å². The first-order chi connectivity index (χ1) is 6.29. The van der Waals surface area contributed by atoms with E-state index in [0.717, 1.165) is 22.2 Å². The van der Waals surface area contributed by atoms with Crippen molar-refractivity contribution in [3.63, 3.8) is 0 Å². The van der Waals surface area contributed by atoms with E-state index in [0.29, 0.717) is 5.56 Å². The van der Waals surface area contributed by atoms with Gasteiger partial charge in [0.2, 0.25) is 0 Å². The van der Waals surface area contributed by atoms with Gasteiger partial charge in [-0.05, 0) is 16.8 Å². The predicted octanol–water partition coefficient (Wildman–Crippen LogP) is 1.45. The Balaban J connectivity index is 2.73. The summed E-state index contributed by atoms with van der Waals surface area (Å²) >= 11 is 0. The lowest BCUT2D eigenvalue weighted by Crippen LogP contribution is -1.99. The highest BCUT2D eigenvalue weighted by Gasteiger charge is 1.95. The Morgan fingerprint density at radius 3 is 2.46 bits per heavy atom. The number of fused-ring (bicyclic) bond motifs is 1. The van der Waals surface area contributed by atoms with Gasteiger partial charge in [0.25, 0.3) is 0 Å². The van der Waals surface area contributed by atoms with Gasteiger partial charge in [-0.25, -0.2) is 0 Å². The summed E-state index contributed by atoms with van der Waals surface area (Å²) in [5.74, 6) is 0. The first-order valence-corrected chi connectivity index (χ1v) is 4.50. The molecule has 0 heterocycles. The number of hydrogen-bond donors (Lipinski definition) is 0. The van der Waals surface area contributed by atoms with E-state index in [-0.39, 0.29) is 0 Å². The zero-order chi connectivity index (χ0) is 9.26. The van der Waals surface area contributed by atoms with Gasteiger partial charge in [-0.3, -0.25) is 4.79 Å². The lowest BCUT2D eigenvalue weighted by Gasteiger charge is -1.99. The van der Waals surface area contributed by atoms with E-state index in [1.54, 1.807) is 0 Å². The Bertz CT molecular complexity index is 463. The van der Waals surface area contributed by atoms with Gasteiger partial charge in [-0.1, -0.05) is 35.5 Å².